The first-order chi connectivity index (χ1) is 9.75. The van der Waals surface area contributed by atoms with Crippen LogP contribution in [0.15, 0.2) is 24.4 Å². The molecule has 2 N–H and O–H groups in total. The van der Waals surface area contributed by atoms with Crippen molar-refractivity contribution >= 4 is 11.6 Å². The molecule has 0 aromatic carbocycles. The Balaban J connectivity index is 1.71. The van der Waals surface area contributed by atoms with Gasteiger partial charge in [0, 0.05) is 6.20 Å². The first-order valence-corrected chi connectivity index (χ1v) is 7.07. The van der Waals surface area contributed by atoms with Gasteiger partial charge in [0.2, 0.25) is 5.91 Å². The second-order valence-electron chi connectivity index (χ2n) is 5.19. The van der Waals surface area contributed by atoms with Crippen molar-refractivity contribution in [3.8, 4) is 0 Å². The van der Waals surface area contributed by atoms with Gasteiger partial charge in [-0.2, -0.15) is 0 Å². The van der Waals surface area contributed by atoms with Gasteiger partial charge in [0.05, 0.1) is 12.1 Å². The minimum Gasteiger partial charge on any atom is -0.347 e. The Morgan fingerprint density at radius 2 is 2.40 bits per heavy atom. The van der Waals surface area contributed by atoms with Crippen molar-refractivity contribution < 1.29 is 4.79 Å². The summed E-state index contributed by atoms with van der Waals surface area (Å²) in [5, 5.41) is 14.5. The number of nitrogens with one attached hydrogen (secondary N) is 2. The molecule has 0 aliphatic carbocycles. The van der Waals surface area contributed by atoms with Crippen molar-refractivity contribution in [1.29, 1.82) is 0 Å². The molecule has 6 heteroatoms. The van der Waals surface area contributed by atoms with Gasteiger partial charge < -0.3 is 10.6 Å². The molecule has 0 radical (unpaired) electrons. The molecular formula is C14H19N5O. The second-order valence-corrected chi connectivity index (χ2v) is 5.19. The largest absolute Gasteiger partial charge is 0.347 e. The van der Waals surface area contributed by atoms with Gasteiger partial charge in [0.15, 0.2) is 11.5 Å². The number of rotatable bonds is 4. The average Bonchev–Trinajstić information content (AvgIpc) is 3.12. The highest BCUT2D eigenvalue weighted by Crippen LogP contribution is 2.23. The maximum absolute atomic E-state index is 12.4. The molecule has 1 amide bonds. The highest BCUT2D eigenvalue weighted by molar-refractivity contribution is 5.86. The van der Waals surface area contributed by atoms with Crippen molar-refractivity contribution in [1.82, 2.24) is 25.2 Å². The van der Waals surface area contributed by atoms with Gasteiger partial charge in [0.1, 0.15) is 0 Å². The van der Waals surface area contributed by atoms with E-state index in [-0.39, 0.29) is 5.91 Å². The Bertz CT molecular complexity index is 615. The van der Waals surface area contributed by atoms with Crippen LogP contribution in [-0.2, 0) is 11.3 Å². The third-order valence-corrected chi connectivity index (χ3v) is 4.07. The van der Waals surface area contributed by atoms with E-state index < -0.39 is 5.54 Å². The van der Waals surface area contributed by atoms with Crippen molar-refractivity contribution in [3.63, 3.8) is 0 Å². The molecule has 1 unspecified atom stereocenters. The van der Waals surface area contributed by atoms with Crippen LogP contribution in [0.1, 0.15) is 32.0 Å². The summed E-state index contributed by atoms with van der Waals surface area (Å²) in [6.07, 6.45) is 4.66. The van der Waals surface area contributed by atoms with Crippen LogP contribution < -0.4 is 10.6 Å². The predicted molar refractivity (Wildman–Crippen MR) is 75.1 cm³/mol. The lowest BCUT2D eigenvalue weighted by molar-refractivity contribution is -0.127. The van der Waals surface area contributed by atoms with Crippen LogP contribution >= 0.6 is 0 Å². The van der Waals surface area contributed by atoms with E-state index in [1.807, 2.05) is 35.7 Å². The summed E-state index contributed by atoms with van der Waals surface area (Å²) in [5.41, 5.74) is 0.390. The number of nitrogens with zero attached hydrogens (tertiary/aromatic N) is 3. The van der Waals surface area contributed by atoms with E-state index in [0.29, 0.717) is 6.54 Å². The van der Waals surface area contributed by atoms with Gasteiger partial charge >= 0.3 is 0 Å². The number of carbonyl (C=O) groups is 1. The highest BCUT2D eigenvalue weighted by atomic mass is 16.2. The quantitative estimate of drug-likeness (QED) is 0.867. The third-order valence-electron chi connectivity index (χ3n) is 4.07. The van der Waals surface area contributed by atoms with Crippen molar-refractivity contribution in [3.05, 3.63) is 30.2 Å². The van der Waals surface area contributed by atoms with Crippen LogP contribution in [-0.4, -0.2) is 32.6 Å². The molecule has 0 bridgehead atoms. The molecule has 1 fully saturated rings. The lowest BCUT2D eigenvalue weighted by Crippen LogP contribution is -2.52. The first-order valence-electron chi connectivity index (χ1n) is 7.07. The Morgan fingerprint density at radius 3 is 3.15 bits per heavy atom. The van der Waals surface area contributed by atoms with Crippen LogP contribution in [0.2, 0.25) is 0 Å². The number of fused-ring (bicyclic) bond motifs is 1. The third kappa shape index (κ3) is 2.16. The molecule has 1 aliphatic rings. The highest BCUT2D eigenvalue weighted by Gasteiger charge is 2.38. The molecule has 106 valence electrons. The van der Waals surface area contributed by atoms with Crippen LogP contribution in [0.4, 0.5) is 0 Å². The summed E-state index contributed by atoms with van der Waals surface area (Å²) in [6.45, 7) is 3.35. The monoisotopic (exact) mass is 273 g/mol. The Kier molecular flexibility index (Phi) is 3.40. The van der Waals surface area contributed by atoms with Crippen LogP contribution in [0.3, 0.4) is 0 Å². The zero-order valence-corrected chi connectivity index (χ0v) is 11.6. The van der Waals surface area contributed by atoms with Crippen molar-refractivity contribution in [2.75, 3.05) is 6.54 Å². The molecule has 20 heavy (non-hydrogen) atoms. The van der Waals surface area contributed by atoms with Gasteiger partial charge in [-0.25, -0.2) is 0 Å². The number of pyridine rings is 1. The molecule has 6 nitrogen and oxygen atoms in total. The summed E-state index contributed by atoms with van der Waals surface area (Å²) >= 11 is 0. The molecule has 0 saturated carbocycles. The van der Waals surface area contributed by atoms with Gasteiger partial charge in [-0.1, -0.05) is 13.0 Å². The molecule has 1 atom stereocenters. The fourth-order valence-corrected chi connectivity index (χ4v) is 2.80. The summed E-state index contributed by atoms with van der Waals surface area (Å²) in [7, 11) is 0. The Labute approximate surface area is 117 Å². The lowest BCUT2D eigenvalue weighted by Gasteiger charge is -2.26. The topological polar surface area (TPSA) is 71.3 Å². The predicted octanol–water partition coefficient (Wildman–Crippen LogP) is 0.878. The number of amides is 1. The summed E-state index contributed by atoms with van der Waals surface area (Å²) in [4.78, 5) is 12.4. The van der Waals surface area contributed by atoms with E-state index in [4.69, 9.17) is 0 Å². The summed E-state index contributed by atoms with van der Waals surface area (Å²) in [6, 6.07) is 5.74. The molecule has 2 aromatic heterocycles. The molecule has 0 spiro atoms. The molecule has 2 aromatic rings. The van der Waals surface area contributed by atoms with Crippen LogP contribution in [0.5, 0.6) is 0 Å². The first kappa shape index (κ1) is 13.1. The van der Waals surface area contributed by atoms with E-state index in [0.717, 1.165) is 37.3 Å². The SMILES string of the molecule is CCC1(C(=O)NCc2nnc3ccccn23)CCCN1. The number of carbonyl (C=O) groups excluding carboxylic acids is 1. The average molecular weight is 273 g/mol. The molecule has 3 rings (SSSR count). The smallest absolute Gasteiger partial charge is 0.240 e. The Morgan fingerprint density at radius 1 is 1.50 bits per heavy atom. The van der Waals surface area contributed by atoms with Crippen molar-refractivity contribution in [2.45, 2.75) is 38.3 Å². The normalized spacial score (nSPS) is 22.2. The molecule has 1 aliphatic heterocycles. The van der Waals surface area contributed by atoms with Crippen molar-refractivity contribution in [2.24, 2.45) is 0 Å². The zero-order chi connectivity index (χ0) is 14.0. The van der Waals surface area contributed by atoms with Gasteiger partial charge in [0.25, 0.3) is 0 Å². The van der Waals surface area contributed by atoms with E-state index in [1.165, 1.54) is 0 Å². The second kappa shape index (κ2) is 5.20. The Hall–Kier alpha value is -1.95. The molecule has 3 heterocycles. The summed E-state index contributed by atoms with van der Waals surface area (Å²) < 4.78 is 1.89. The maximum Gasteiger partial charge on any atom is 0.240 e. The molecular weight excluding hydrogens is 254 g/mol. The zero-order valence-electron chi connectivity index (χ0n) is 11.6. The minimum absolute atomic E-state index is 0.0604. The molecule has 1 saturated heterocycles. The van der Waals surface area contributed by atoms with Gasteiger partial charge in [-0.15, -0.1) is 10.2 Å². The lowest BCUT2D eigenvalue weighted by atomic mass is 9.93. The van der Waals surface area contributed by atoms with Gasteiger partial charge in [-0.05, 0) is 37.9 Å². The number of hydrogen-bond acceptors (Lipinski definition) is 4. The number of aromatic nitrogens is 3. The fraction of sp³-hybridized carbons (Fsp3) is 0.500. The summed E-state index contributed by atoms with van der Waals surface area (Å²) in [5.74, 6) is 0.809. The van der Waals surface area contributed by atoms with E-state index in [1.54, 1.807) is 0 Å². The van der Waals surface area contributed by atoms with E-state index in [9.17, 15) is 4.79 Å². The van der Waals surface area contributed by atoms with Crippen LogP contribution in [0, 0.1) is 0 Å². The van der Waals surface area contributed by atoms with Gasteiger partial charge in [-0.3, -0.25) is 9.20 Å². The van der Waals surface area contributed by atoms with E-state index >= 15 is 0 Å². The minimum atomic E-state index is -0.402. The fourth-order valence-electron chi connectivity index (χ4n) is 2.80. The number of hydrogen-bond donors (Lipinski definition) is 2. The van der Waals surface area contributed by atoms with E-state index in [2.05, 4.69) is 20.8 Å². The maximum atomic E-state index is 12.4. The van der Waals surface area contributed by atoms with Crippen LogP contribution in [0.25, 0.3) is 5.65 Å². The standard InChI is InChI=1S/C14H19N5O/c1-2-14(7-5-8-16-14)13(20)15-10-12-18-17-11-6-3-4-9-19(11)12/h3-4,6,9,16H,2,5,7-8,10H2,1H3,(H,15,20).